The molecule has 0 radical (unpaired) electrons. The van der Waals surface area contributed by atoms with Gasteiger partial charge in [0.15, 0.2) is 11.6 Å². The van der Waals surface area contributed by atoms with E-state index in [9.17, 15) is 8.78 Å². The number of rotatable bonds is 4. The largest absolute Gasteiger partial charge is 0.293 e. The van der Waals surface area contributed by atoms with Crippen LogP contribution in [0.2, 0.25) is 0 Å². The number of likely N-dealkylation sites (tertiary alicyclic amines) is 2. The van der Waals surface area contributed by atoms with E-state index >= 15 is 0 Å². The molecule has 0 spiro atoms. The molecule has 23 heavy (non-hydrogen) atoms. The lowest BCUT2D eigenvalue weighted by molar-refractivity contribution is 0.117. The van der Waals surface area contributed by atoms with Crippen molar-refractivity contribution in [2.24, 2.45) is 0 Å². The van der Waals surface area contributed by atoms with Crippen molar-refractivity contribution in [1.82, 2.24) is 14.8 Å². The predicted molar refractivity (Wildman–Crippen MR) is 83.6 cm³/mol. The minimum Gasteiger partial charge on any atom is -0.293 e. The highest BCUT2D eigenvalue weighted by atomic mass is 19.2. The van der Waals surface area contributed by atoms with Gasteiger partial charge in [0.2, 0.25) is 0 Å². The monoisotopic (exact) mass is 315 g/mol. The van der Waals surface area contributed by atoms with Crippen molar-refractivity contribution in [2.45, 2.75) is 31.6 Å². The fourth-order valence-electron chi connectivity index (χ4n) is 3.79. The molecular formula is C18H19F2N3. The predicted octanol–water partition coefficient (Wildman–Crippen LogP) is 2.82. The van der Waals surface area contributed by atoms with Crippen LogP contribution in [0.5, 0.6) is 0 Å². The smallest absolute Gasteiger partial charge is 0.159 e. The molecule has 2 aliphatic rings. The van der Waals surface area contributed by atoms with Gasteiger partial charge in [-0.15, -0.1) is 0 Å². The molecule has 3 heterocycles. The van der Waals surface area contributed by atoms with Crippen LogP contribution in [0, 0.1) is 11.6 Å². The maximum absolute atomic E-state index is 13.3. The first-order valence-electron chi connectivity index (χ1n) is 8.01. The fourth-order valence-corrected chi connectivity index (χ4v) is 3.79. The molecule has 2 bridgehead atoms. The first-order valence-corrected chi connectivity index (χ1v) is 8.01. The van der Waals surface area contributed by atoms with Gasteiger partial charge in [0.05, 0.1) is 5.69 Å². The zero-order chi connectivity index (χ0) is 15.8. The molecule has 5 heteroatoms. The second-order valence-electron chi connectivity index (χ2n) is 6.47. The highest BCUT2D eigenvalue weighted by molar-refractivity contribution is 5.18. The van der Waals surface area contributed by atoms with Crippen molar-refractivity contribution in [3.63, 3.8) is 0 Å². The zero-order valence-corrected chi connectivity index (χ0v) is 12.8. The second kappa shape index (κ2) is 5.98. The van der Waals surface area contributed by atoms with Crippen LogP contribution in [0.4, 0.5) is 8.78 Å². The van der Waals surface area contributed by atoms with Gasteiger partial charge in [-0.25, -0.2) is 8.78 Å². The molecule has 2 aliphatic heterocycles. The Kier molecular flexibility index (Phi) is 3.83. The number of hydrogen-bond acceptors (Lipinski definition) is 3. The summed E-state index contributed by atoms with van der Waals surface area (Å²) in [5, 5.41) is 0. The third kappa shape index (κ3) is 2.99. The Morgan fingerprint density at radius 2 is 1.74 bits per heavy atom. The number of nitrogens with zero attached hydrogens (tertiary/aromatic N) is 3. The molecule has 3 nitrogen and oxygen atoms in total. The Labute approximate surface area is 134 Å². The number of aromatic nitrogens is 1. The van der Waals surface area contributed by atoms with Crippen LogP contribution in [-0.2, 0) is 13.1 Å². The van der Waals surface area contributed by atoms with Crippen LogP contribution >= 0.6 is 0 Å². The first kappa shape index (κ1) is 14.7. The Morgan fingerprint density at radius 1 is 0.957 bits per heavy atom. The van der Waals surface area contributed by atoms with Gasteiger partial charge in [-0.3, -0.25) is 14.8 Å². The normalized spacial score (nSPS) is 24.4. The van der Waals surface area contributed by atoms with Crippen molar-refractivity contribution in [1.29, 1.82) is 0 Å². The topological polar surface area (TPSA) is 19.4 Å². The molecule has 2 aromatic rings. The van der Waals surface area contributed by atoms with Crippen LogP contribution in [0.1, 0.15) is 17.7 Å². The molecule has 1 aromatic carbocycles. The second-order valence-corrected chi connectivity index (χ2v) is 6.47. The van der Waals surface area contributed by atoms with Crippen molar-refractivity contribution in [2.75, 3.05) is 13.1 Å². The average Bonchev–Trinajstić information content (AvgIpc) is 3.12. The van der Waals surface area contributed by atoms with E-state index in [-0.39, 0.29) is 0 Å². The van der Waals surface area contributed by atoms with Crippen molar-refractivity contribution < 1.29 is 8.78 Å². The maximum atomic E-state index is 13.3. The third-order valence-electron chi connectivity index (χ3n) is 4.93. The molecule has 2 saturated heterocycles. The van der Waals surface area contributed by atoms with Crippen molar-refractivity contribution in [3.05, 3.63) is 65.5 Å². The third-order valence-corrected chi connectivity index (χ3v) is 4.93. The summed E-state index contributed by atoms with van der Waals surface area (Å²) in [5.41, 5.74) is 1.94. The minimum absolute atomic E-state index is 0.497. The number of halogens is 2. The molecule has 0 amide bonds. The van der Waals surface area contributed by atoms with Gasteiger partial charge >= 0.3 is 0 Å². The first-order chi connectivity index (χ1) is 11.2. The summed E-state index contributed by atoms with van der Waals surface area (Å²) in [4.78, 5) is 9.26. The summed E-state index contributed by atoms with van der Waals surface area (Å²) >= 11 is 0. The molecule has 1 aromatic heterocycles. The molecule has 0 N–H and O–H groups in total. The van der Waals surface area contributed by atoms with Gasteiger partial charge in [0, 0.05) is 44.5 Å². The van der Waals surface area contributed by atoms with Gasteiger partial charge in [-0.2, -0.15) is 0 Å². The lowest BCUT2D eigenvalue weighted by Gasteiger charge is -2.34. The summed E-state index contributed by atoms with van der Waals surface area (Å²) in [6.07, 6.45) is 2.98. The number of hydrogen-bond donors (Lipinski definition) is 0. The van der Waals surface area contributed by atoms with Crippen molar-refractivity contribution >= 4 is 0 Å². The van der Waals surface area contributed by atoms with Gasteiger partial charge in [0.25, 0.3) is 0 Å². The summed E-state index contributed by atoms with van der Waals surface area (Å²) in [5.74, 6) is -1.54. The summed E-state index contributed by atoms with van der Waals surface area (Å²) < 4.78 is 26.4. The van der Waals surface area contributed by atoms with E-state index in [1.165, 1.54) is 12.1 Å². The Balaban J connectivity index is 1.38. The quantitative estimate of drug-likeness (QED) is 0.865. The number of benzene rings is 1. The lowest BCUT2D eigenvalue weighted by atomic mass is 10.2. The SMILES string of the molecule is Fc1ccc(CN2CC3CC2CN3Cc2ccccn2)cc1F. The molecule has 4 rings (SSSR count). The fraction of sp³-hybridized carbons (Fsp3) is 0.389. The summed E-state index contributed by atoms with van der Waals surface area (Å²) in [6, 6.07) is 11.2. The van der Waals surface area contributed by atoms with Crippen LogP contribution in [0.25, 0.3) is 0 Å². The van der Waals surface area contributed by atoms with E-state index in [4.69, 9.17) is 0 Å². The molecule has 2 atom stereocenters. The number of fused-ring (bicyclic) bond motifs is 2. The van der Waals surface area contributed by atoms with Gasteiger partial charge in [0.1, 0.15) is 0 Å². The van der Waals surface area contributed by atoms with E-state index in [0.29, 0.717) is 18.6 Å². The Hall–Kier alpha value is -1.85. The average molecular weight is 315 g/mol. The summed E-state index contributed by atoms with van der Waals surface area (Å²) in [7, 11) is 0. The molecular weight excluding hydrogens is 296 g/mol. The van der Waals surface area contributed by atoms with Gasteiger partial charge in [-0.1, -0.05) is 12.1 Å². The van der Waals surface area contributed by atoms with E-state index in [0.717, 1.165) is 37.3 Å². The van der Waals surface area contributed by atoms with E-state index < -0.39 is 11.6 Å². The molecule has 2 fully saturated rings. The molecule has 120 valence electrons. The maximum Gasteiger partial charge on any atom is 0.159 e. The van der Waals surface area contributed by atoms with Gasteiger partial charge in [-0.05, 0) is 36.2 Å². The van der Waals surface area contributed by atoms with Gasteiger partial charge < -0.3 is 0 Å². The van der Waals surface area contributed by atoms with Crippen molar-refractivity contribution in [3.8, 4) is 0 Å². The zero-order valence-electron chi connectivity index (χ0n) is 12.8. The highest BCUT2D eigenvalue weighted by Gasteiger charge is 2.42. The molecule has 0 aliphatic carbocycles. The Morgan fingerprint density at radius 3 is 2.39 bits per heavy atom. The number of piperazine rings is 1. The summed E-state index contributed by atoms with van der Waals surface area (Å²) in [6.45, 7) is 3.58. The van der Waals surface area contributed by atoms with Crippen LogP contribution < -0.4 is 0 Å². The Bertz CT molecular complexity index is 692. The molecule has 2 unspecified atom stereocenters. The van der Waals surface area contributed by atoms with Crippen LogP contribution in [-0.4, -0.2) is 40.0 Å². The standard InChI is InChI=1S/C18H19F2N3/c19-17-5-4-13(7-18(17)20)9-22-11-16-8-15(22)12-23(16)10-14-3-1-2-6-21-14/h1-7,15-16H,8-12H2. The van der Waals surface area contributed by atoms with E-state index in [1.54, 1.807) is 6.07 Å². The van der Waals surface area contributed by atoms with E-state index in [1.807, 2.05) is 18.3 Å². The highest BCUT2D eigenvalue weighted by Crippen LogP contribution is 2.32. The lowest BCUT2D eigenvalue weighted by Crippen LogP contribution is -2.45. The van der Waals surface area contributed by atoms with Crippen LogP contribution in [0.15, 0.2) is 42.6 Å². The minimum atomic E-state index is -0.779. The number of pyridine rings is 1. The van der Waals surface area contributed by atoms with Crippen LogP contribution in [0.3, 0.4) is 0 Å². The van der Waals surface area contributed by atoms with E-state index in [2.05, 4.69) is 20.9 Å². The molecule has 0 saturated carbocycles.